The molecule has 1 aliphatic heterocycles. The number of hydrogen-bond donors (Lipinski definition) is 2. The molecule has 1 aromatic carbocycles. The van der Waals surface area contributed by atoms with Crippen LogP contribution in [0.15, 0.2) is 48.9 Å². The number of aryl methyl sites for hydroxylation is 1. The number of nitrogens with zero attached hydrogens (tertiary/aromatic N) is 5. The first-order valence-corrected chi connectivity index (χ1v) is 10.8. The molecule has 0 saturated carbocycles. The predicted molar refractivity (Wildman–Crippen MR) is 124 cm³/mol. The van der Waals surface area contributed by atoms with Crippen molar-refractivity contribution >= 4 is 17.6 Å². The molecular formula is C24H28N6O2. The molecule has 0 bridgehead atoms. The number of carboxylic acid groups (broad SMARTS) is 1. The van der Waals surface area contributed by atoms with Gasteiger partial charge in [0.2, 0.25) is 5.95 Å². The molecule has 4 rings (SSSR count). The molecule has 0 spiro atoms. The van der Waals surface area contributed by atoms with Gasteiger partial charge in [0.1, 0.15) is 0 Å². The quantitative estimate of drug-likeness (QED) is 0.545. The summed E-state index contributed by atoms with van der Waals surface area (Å²) < 4.78 is 1.92. The highest BCUT2D eigenvalue weighted by Crippen LogP contribution is 2.26. The van der Waals surface area contributed by atoms with E-state index in [0.29, 0.717) is 18.5 Å². The third-order valence-electron chi connectivity index (χ3n) is 5.55. The van der Waals surface area contributed by atoms with E-state index in [9.17, 15) is 4.79 Å². The second kappa shape index (κ2) is 9.32. The molecule has 0 unspecified atom stereocenters. The normalized spacial score (nSPS) is 14.1. The zero-order valence-electron chi connectivity index (χ0n) is 18.6. The lowest BCUT2D eigenvalue weighted by Gasteiger charge is -2.28. The molecule has 1 aliphatic rings. The largest absolute Gasteiger partial charge is 0.478 e. The van der Waals surface area contributed by atoms with Crippen LogP contribution in [0.5, 0.6) is 0 Å². The van der Waals surface area contributed by atoms with Crippen LogP contribution in [0.3, 0.4) is 0 Å². The highest BCUT2D eigenvalue weighted by atomic mass is 16.4. The van der Waals surface area contributed by atoms with Crippen molar-refractivity contribution in [3.8, 4) is 11.3 Å². The van der Waals surface area contributed by atoms with Gasteiger partial charge >= 0.3 is 5.97 Å². The zero-order valence-corrected chi connectivity index (χ0v) is 18.6. The molecule has 8 heteroatoms. The first-order valence-electron chi connectivity index (χ1n) is 10.8. The summed E-state index contributed by atoms with van der Waals surface area (Å²) in [4.78, 5) is 22.1. The third kappa shape index (κ3) is 5.03. The summed E-state index contributed by atoms with van der Waals surface area (Å²) in [6.07, 6.45) is 9.50. The van der Waals surface area contributed by atoms with Crippen molar-refractivity contribution in [2.45, 2.75) is 39.8 Å². The van der Waals surface area contributed by atoms with Crippen molar-refractivity contribution in [2.24, 2.45) is 0 Å². The Labute approximate surface area is 187 Å². The van der Waals surface area contributed by atoms with Crippen molar-refractivity contribution < 1.29 is 9.90 Å². The van der Waals surface area contributed by atoms with Crippen LogP contribution in [-0.2, 0) is 17.8 Å². The first-order chi connectivity index (χ1) is 15.4. The number of fused-ring (bicyclic) bond motifs is 1. The average molecular weight is 433 g/mol. The van der Waals surface area contributed by atoms with E-state index in [0.717, 1.165) is 42.0 Å². The maximum absolute atomic E-state index is 10.6. The Kier molecular flexibility index (Phi) is 6.32. The molecule has 0 saturated heterocycles. The number of aliphatic carboxylic acids is 1. The summed E-state index contributed by atoms with van der Waals surface area (Å²) in [6.45, 7) is 8.54. The number of nitrogens with one attached hydrogen (secondary N) is 1. The molecule has 0 radical (unpaired) electrons. The molecule has 2 aromatic heterocycles. The molecular weight excluding hydrogens is 404 g/mol. The Morgan fingerprint density at radius 3 is 2.88 bits per heavy atom. The molecule has 32 heavy (non-hydrogen) atoms. The van der Waals surface area contributed by atoms with Crippen LogP contribution in [-0.4, -0.2) is 48.8 Å². The highest BCUT2D eigenvalue weighted by molar-refractivity contribution is 5.79. The molecule has 3 heterocycles. The summed E-state index contributed by atoms with van der Waals surface area (Å²) in [6, 6.07) is 6.60. The lowest BCUT2D eigenvalue weighted by atomic mass is 9.99. The van der Waals surface area contributed by atoms with Crippen LogP contribution < -0.4 is 5.32 Å². The fraction of sp³-hybridized carbons (Fsp3) is 0.333. The van der Waals surface area contributed by atoms with E-state index >= 15 is 0 Å². The van der Waals surface area contributed by atoms with Gasteiger partial charge in [0.25, 0.3) is 0 Å². The third-order valence-corrected chi connectivity index (χ3v) is 5.55. The monoisotopic (exact) mass is 432 g/mol. The van der Waals surface area contributed by atoms with Crippen LogP contribution >= 0.6 is 0 Å². The lowest BCUT2D eigenvalue weighted by Crippen LogP contribution is -2.30. The van der Waals surface area contributed by atoms with Crippen LogP contribution in [0.4, 0.5) is 11.6 Å². The maximum Gasteiger partial charge on any atom is 0.328 e. The Morgan fingerprint density at radius 1 is 1.28 bits per heavy atom. The Balaban J connectivity index is 1.48. The van der Waals surface area contributed by atoms with Gasteiger partial charge in [-0.2, -0.15) is 5.10 Å². The van der Waals surface area contributed by atoms with Gasteiger partial charge in [-0.1, -0.05) is 12.1 Å². The van der Waals surface area contributed by atoms with Gasteiger partial charge in [0.15, 0.2) is 0 Å². The standard InChI is InChI=1S/C24H28N6O2/c1-16(2)30-15-20(13-26-30)23-17(3)12-25-24(28-23)27-21-7-6-19-14-29(9-4-5-22(31)32)10-8-18(19)11-21/h4-7,11-13,15-16H,8-10,14H2,1-3H3,(H,31,32)(H,25,27,28)/b5-4+. The van der Waals surface area contributed by atoms with E-state index in [1.807, 2.05) is 36.3 Å². The average Bonchev–Trinajstić information content (AvgIpc) is 3.25. The van der Waals surface area contributed by atoms with Gasteiger partial charge in [-0.3, -0.25) is 9.58 Å². The predicted octanol–water partition coefficient (Wildman–Crippen LogP) is 3.97. The number of aromatic nitrogens is 4. The summed E-state index contributed by atoms with van der Waals surface area (Å²) in [7, 11) is 0. The van der Waals surface area contributed by atoms with E-state index in [2.05, 4.69) is 46.3 Å². The minimum Gasteiger partial charge on any atom is -0.478 e. The number of benzene rings is 1. The molecule has 0 fully saturated rings. The molecule has 0 atom stereocenters. The summed E-state index contributed by atoms with van der Waals surface area (Å²) in [5.41, 5.74) is 6.36. The van der Waals surface area contributed by atoms with Gasteiger partial charge in [0.05, 0.1) is 11.9 Å². The number of hydrogen-bond acceptors (Lipinski definition) is 6. The Bertz CT molecular complexity index is 1150. The minimum absolute atomic E-state index is 0.295. The molecule has 3 aromatic rings. The van der Waals surface area contributed by atoms with Gasteiger partial charge in [0, 0.05) is 55.4 Å². The van der Waals surface area contributed by atoms with Crippen LogP contribution in [0.1, 0.15) is 36.6 Å². The van der Waals surface area contributed by atoms with Crippen molar-refractivity contribution in [3.63, 3.8) is 0 Å². The fourth-order valence-corrected chi connectivity index (χ4v) is 3.81. The SMILES string of the molecule is Cc1cnc(Nc2ccc3c(c2)CCN(C/C=C/C(=O)O)C3)nc1-c1cnn(C(C)C)c1. The fourth-order valence-electron chi connectivity index (χ4n) is 3.81. The maximum atomic E-state index is 10.6. The van der Waals surface area contributed by atoms with Gasteiger partial charge < -0.3 is 10.4 Å². The number of carboxylic acids is 1. The van der Waals surface area contributed by atoms with E-state index < -0.39 is 5.97 Å². The van der Waals surface area contributed by atoms with Gasteiger partial charge in [-0.05, 0) is 56.0 Å². The van der Waals surface area contributed by atoms with Crippen molar-refractivity contribution in [2.75, 3.05) is 18.4 Å². The van der Waals surface area contributed by atoms with Crippen molar-refractivity contribution in [1.29, 1.82) is 0 Å². The lowest BCUT2D eigenvalue weighted by molar-refractivity contribution is -0.131. The van der Waals surface area contributed by atoms with E-state index in [1.165, 1.54) is 17.2 Å². The van der Waals surface area contributed by atoms with Crippen LogP contribution in [0.2, 0.25) is 0 Å². The topological polar surface area (TPSA) is 96.2 Å². The van der Waals surface area contributed by atoms with E-state index in [4.69, 9.17) is 10.1 Å². The van der Waals surface area contributed by atoms with Crippen molar-refractivity contribution in [3.05, 3.63) is 65.6 Å². The van der Waals surface area contributed by atoms with Crippen LogP contribution in [0.25, 0.3) is 11.3 Å². The summed E-state index contributed by atoms with van der Waals surface area (Å²) in [5, 5.41) is 16.5. The molecule has 0 amide bonds. The number of carbonyl (C=O) groups is 1. The van der Waals surface area contributed by atoms with Crippen molar-refractivity contribution in [1.82, 2.24) is 24.6 Å². The molecule has 0 aliphatic carbocycles. The van der Waals surface area contributed by atoms with Gasteiger partial charge in [-0.25, -0.2) is 14.8 Å². The molecule has 8 nitrogen and oxygen atoms in total. The summed E-state index contributed by atoms with van der Waals surface area (Å²) >= 11 is 0. The highest BCUT2D eigenvalue weighted by Gasteiger charge is 2.16. The van der Waals surface area contributed by atoms with E-state index in [1.54, 1.807) is 6.08 Å². The first kappa shape index (κ1) is 21.7. The van der Waals surface area contributed by atoms with E-state index in [-0.39, 0.29) is 0 Å². The number of anilines is 2. The zero-order chi connectivity index (χ0) is 22.7. The van der Waals surface area contributed by atoms with Gasteiger partial charge in [-0.15, -0.1) is 0 Å². The molecule has 166 valence electrons. The van der Waals surface area contributed by atoms with Crippen LogP contribution in [0, 0.1) is 6.92 Å². The smallest absolute Gasteiger partial charge is 0.328 e. The minimum atomic E-state index is -0.909. The summed E-state index contributed by atoms with van der Waals surface area (Å²) in [5.74, 6) is -0.354. The molecule has 2 N–H and O–H groups in total. The Hall–Kier alpha value is -3.52. The second-order valence-electron chi connectivity index (χ2n) is 8.36. The Morgan fingerprint density at radius 2 is 2.12 bits per heavy atom. The second-order valence-corrected chi connectivity index (χ2v) is 8.36. The number of rotatable bonds is 7.